The molecule has 0 fully saturated rings. The van der Waals surface area contributed by atoms with Gasteiger partial charge < -0.3 is 20.7 Å². The van der Waals surface area contributed by atoms with Crippen LogP contribution in [0.25, 0.3) is 31.9 Å². The summed E-state index contributed by atoms with van der Waals surface area (Å²) in [7, 11) is 1.66. The van der Waals surface area contributed by atoms with Crippen molar-refractivity contribution in [3.63, 3.8) is 0 Å². The van der Waals surface area contributed by atoms with Crippen LogP contribution in [0.15, 0.2) is 36.5 Å². The molecule has 184 valence electrons. The standard InChI is InChI=1S/C26H26N6O2S2/c1-34-11-10-28-9-7-23(33)32-26-24(19-6-8-29-15-22(19)36-26)25-31-20-12-16(3-5-21(20)35-25)17-2-4-18(13-27)30-14-17/h2-5,12,14,28-29H,6-11,15H2,1H3,(H,32,33). The highest BCUT2D eigenvalue weighted by molar-refractivity contribution is 7.23. The Hall–Kier alpha value is -3.20. The van der Waals surface area contributed by atoms with Gasteiger partial charge in [0.05, 0.1) is 16.8 Å². The zero-order valence-electron chi connectivity index (χ0n) is 19.9. The van der Waals surface area contributed by atoms with Gasteiger partial charge in [0.1, 0.15) is 21.8 Å². The van der Waals surface area contributed by atoms with E-state index in [9.17, 15) is 4.79 Å². The number of amides is 1. The van der Waals surface area contributed by atoms with Crippen LogP contribution in [-0.4, -0.2) is 49.2 Å². The number of carbonyl (C=O) groups is 1. The van der Waals surface area contributed by atoms with Crippen molar-refractivity contribution in [1.82, 2.24) is 20.6 Å². The molecule has 0 unspecified atom stereocenters. The van der Waals surface area contributed by atoms with E-state index >= 15 is 0 Å². The third-order valence-corrected chi connectivity index (χ3v) is 8.21. The van der Waals surface area contributed by atoms with Crippen molar-refractivity contribution in [3.05, 3.63) is 52.7 Å². The molecule has 0 bridgehead atoms. The number of aromatic nitrogens is 2. The topological polar surface area (TPSA) is 112 Å². The van der Waals surface area contributed by atoms with E-state index in [1.54, 1.807) is 42.0 Å². The van der Waals surface area contributed by atoms with E-state index in [2.05, 4.69) is 45.2 Å². The number of ether oxygens (including phenoxy) is 1. The van der Waals surface area contributed by atoms with Gasteiger partial charge in [-0.25, -0.2) is 9.97 Å². The van der Waals surface area contributed by atoms with Crippen LogP contribution in [0.2, 0.25) is 0 Å². The van der Waals surface area contributed by atoms with Crippen LogP contribution in [0.4, 0.5) is 5.00 Å². The Balaban J connectivity index is 1.43. The monoisotopic (exact) mass is 518 g/mol. The first-order valence-electron chi connectivity index (χ1n) is 11.8. The predicted octanol–water partition coefficient (Wildman–Crippen LogP) is 4.17. The van der Waals surface area contributed by atoms with E-state index in [0.717, 1.165) is 63.0 Å². The van der Waals surface area contributed by atoms with E-state index in [4.69, 9.17) is 15.0 Å². The van der Waals surface area contributed by atoms with Crippen LogP contribution >= 0.6 is 22.7 Å². The number of nitriles is 1. The van der Waals surface area contributed by atoms with Crippen molar-refractivity contribution >= 4 is 43.8 Å². The zero-order chi connectivity index (χ0) is 24.9. The van der Waals surface area contributed by atoms with Crippen molar-refractivity contribution in [2.75, 3.05) is 38.7 Å². The van der Waals surface area contributed by atoms with Gasteiger partial charge in [-0.3, -0.25) is 4.79 Å². The molecule has 3 N–H and O–H groups in total. The van der Waals surface area contributed by atoms with Gasteiger partial charge in [-0.2, -0.15) is 5.26 Å². The summed E-state index contributed by atoms with van der Waals surface area (Å²) in [5.74, 6) is -0.00978. The normalized spacial score (nSPS) is 12.9. The molecule has 3 aromatic heterocycles. The Morgan fingerprint density at radius 2 is 2.11 bits per heavy atom. The summed E-state index contributed by atoms with van der Waals surface area (Å²) in [4.78, 5) is 23.2. The quantitative estimate of drug-likeness (QED) is 0.285. The number of hydrogen-bond acceptors (Lipinski definition) is 9. The molecule has 4 aromatic rings. The van der Waals surface area contributed by atoms with Crippen molar-refractivity contribution in [2.24, 2.45) is 0 Å². The average Bonchev–Trinajstić information content (AvgIpc) is 3.48. The molecule has 1 amide bonds. The molecule has 0 saturated carbocycles. The van der Waals surface area contributed by atoms with E-state index in [1.807, 2.05) is 6.07 Å². The second kappa shape index (κ2) is 11.2. The summed E-state index contributed by atoms with van der Waals surface area (Å²) in [6.45, 7) is 3.67. The molecule has 0 spiro atoms. The third kappa shape index (κ3) is 5.31. The first-order chi connectivity index (χ1) is 17.7. The van der Waals surface area contributed by atoms with Crippen LogP contribution in [0, 0.1) is 11.3 Å². The minimum Gasteiger partial charge on any atom is -0.383 e. The number of anilines is 1. The number of methoxy groups -OCH3 is 1. The molecule has 1 aliphatic heterocycles. The largest absolute Gasteiger partial charge is 0.383 e. The van der Waals surface area contributed by atoms with E-state index in [-0.39, 0.29) is 5.91 Å². The maximum Gasteiger partial charge on any atom is 0.226 e. The highest BCUT2D eigenvalue weighted by atomic mass is 32.1. The summed E-state index contributed by atoms with van der Waals surface area (Å²) in [6, 6.07) is 11.9. The predicted molar refractivity (Wildman–Crippen MR) is 144 cm³/mol. The molecule has 0 aliphatic carbocycles. The van der Waals surface area contributed by atoms with E-state index < -0.39 is 0 Å². The Kier molecular flexibility index (Phi) is 7.65. The van der Waals surface area contributed by atoms with Gasteiger partial charge in [0.2, 0.25) is 5.91 Å². The summed E-state index contributed by atoms with van der Waals surface area (Å²) in [6.07, 6.45) is 3.02. The Bertz CT molecular complexity index is 1420. The number of nitrogens with zero attached hydrogens (tertiary/aromatic N) is 3. The second-order valence-electron chi connectivity index (χ2n) is 8.42. The number of thiazole rings is 1. The summed E-state index contributed by atoms with van der Waals surface area (Å²) < 4.78 is 6.12. The number of pyridine rings is 1. The van der Waals surface area contributed by atoms with Crippen molar-refractivity contribution in [1.29, 1.82) is 5.26 Å². The molecule has 1 aliphatic rings. The Morgan fingerprint density at radius 3 is 2.92 bits per heavy atom. The van der Waals surface area contributed by atoms with Gasteiger partial charge in [-0.05, 0) is 48.4 Å². The molecule has 0 atom stereocenters. The molecule has 0 saturated heterocycles. The number of thiophene rings is 1. The number of rotatable bonds is 9. The van der Waals surface area contributed by atoms with E-state index in [0.29, 0.717) is 25.3 Å². The third-order valence-electron chi connectivity index (χ3n) is 6.01. The lowest BCUT2D eigenvalue weighted by atomic mass is 10.0. The molecule has 36 heavy (non-hydrogen) atoms. The number of nitrogens with one attached hydrogen (secondary N) is 3. The molecule has 5 rings (SSSR count). The van der Waals surface area contributed by atoms with Gasteiger partial charge >= 0.3 is 0 Å². The smallest absolute Gasteiger partial charge is 0.226 e. The van der Waals surface area contributed by atoms with Crippen LogP contribution in [0.3, 0.4) is 0 Å². The Labute approximate surface area is 217 Å². The zero-order valence-corrected chi connectivity index (χ0v) is 21.5. The molecule has 10 heteroatoms. The van der Waals surface area contributed by atoms with Crippen molar-refractivity contribution in [3.8, 4) is 27.8 Å². The number of fused-ring (bicyclic) bond motifs is 2. The first-order valence-corrected chi connectivity index (χ1v) is 13.4. The fourth-order valence-corrected chi connectivity index (χ4v) is 6.51. The van der Waals surface area contributed by atoms with Crippen LogP contribution in [0.1, 0.15) is 22.6 Å². The fraction of sp³-hybridized carbons (Fsp3) is 0.308. The van der Waals surface area contributed by atoms with Crippen LogP contribution in [0.5, 0.6) is 0 Å². The number of hydrogen-bond donors (Lipinski definition) is 3. The molecular formula is C26H26N6O2S2. The first kappa shape index (κ1) is 24.5. The van der Waals surface area contributed by atoms with Crippen molar-refractivity contribution in [2.45, 2.75) is 19.4 Å². The fourth-order valence-electron chi connectivity index (χ4n) is 4.18. The van der Waals surface area contributed by atoms with Crippen LogP contribution < -0.4 is 16.0 Å². The summed E-state index contributed by atoms with van der Waals surface area (Å²) >= 11 is 3.29. The van der Waals surface area contributed by atoms with Gasteiger partial charge in [-0.15, -0.1) is 22.7 Å². The molecular weight excluding hydrogens is 492 g/mol. The summed E-state index contributed by atoms with van der Waals surface area (Å²) in [5, 5.41) is 20.6. The lowest BCUT2D eigenvalue weighted by Gasteiger charge is -2.13. The van der Waals surface area contributed by atoms with Gasteiger partial charge in [-0.1, -0.05) is 6.07 Å². The number of benzene rings is 1. The molecule has 8 nitrogen and oxygen atoms in total. The SMILES string of the molecule is COCCNCCC(=O)Nc1sc2c(c1-c1nc3cc(-c4ccc(C#N)nc4)ccc3s1)CCNC2. The van der Waals surface area contributed by atoms with Gasteiger partial charge in [0, 0.05) is 55.4 Å². The van der Waals surface area contributed by atoms with E-state index in [1.165, 1.54) is 10.4 Å². The maximum absolute atomic E-state index is 12.7. The average molecular weight is 519 g/mol. The lowest BCUT2D eigenvalue weighted by Crippen LogP contribution is -2.24. The second-order valence-corrected chi connectivity index (χ2v) is 10.6. The van der Waals surface area contributed by atoms with Gasteiger partial charge in [0.15, 0.2) is 0 Å². The molecule has 0 radical (unpaired) electrons. The van der Waals surface area contributed by atoms with Gasteiger partial charge in [0.25, 0.3) is 0 Å². The molecule has 1 aromatic carbocycles. The maximum atomic E-state index is 12.7. The molecule has 4 heterocycles. The summed E-state index contributed by atoms with van der Waals surface area (Å²) in [5.41, 5.74) is 5.58. The van der Waals surface area contributed by atoms with Crippen LogP contribution in [-0.2, 0) is 22.5 Å². The highest BCUT2D eigenvalue weighted by Gasteiger charge is 2.25. The number of carbonyl (C=O) groups excluding carboxylic acids is 1. The van der Waals surface area contributed by atoms with Crippen molar-refractivity contribution < 1.29 is 9.53 Å². The Morgan fingerprint density at radius 1 is 1.22 bits per heavy atom. The highest BCUT2D eigenvalue weighted by Crippen LogP contribution is 2.45. The minimum absolute atomic E-state index is 0.00978. The lowest BCUT2D eigenvalue weighted by molar-refractivity contribution is -0.116. The minimum atomic E-state index is -0.00978.